The van der Waals surface area contributed by atoms with Gasteiger partial charge in [-0.3, -0.25) is 4.79 Å². The van der Waals surface area contributed by atoms with E-state index >= 15 is 0 Å². The van der Waals surface area contributed by atoms with E-state index in [1.807, 2.05) is 56.3 Å². The van der Waals surface area contributed by atoms with E-state index in [9.17, 15) is 13.2 Å². The third kappa shape index (κ3) is 7.03. The summed E-state index contributed by atoms with van der Waals surface area (Å²) in [7, 11) is -3.96. The van der Waals surface area contributed by atoms with Gasteiger partial charge in [0.25, 0.3) is 0 Å². The number of hydrogen-bond donors (Lipinski definition) is 1. The van der Waals surface area contributed by atoms with E-state index in [0.29, 0.717) is 28.8 Å². The normalized spacial score (nSPS) is 11.7. The number of anilines is 1. The van der Waals surface area contributed by atoms with E-state index < -0.39 is 15.9 Å². The lowest BCUT2D eigenvalue weighted by atomic mass is 10.1. The van der Waals surface area contributed by atoms with Crippen molar-refractivity contribution >= 4 is 33.2 Å². The molecule has 4 rings (SSSR count). The fraction of sp³-hybridized carbons (Fsp3) is 0.222. The van der Waals surface area contributed by atoms with Gasteiger partial charge in [-0.25, -0.2) is 8.42 Å². The van der Waals surface area contributed by atoms with Gasteiger partial charge in [-0.15, -0.1) is 0 Å². The number of rotatable bonds is 10. The number of hydrogen-bond acceptors (Lipinski definition) is 6. The van der Waals surface area contributed by atoms with Crippen molar-refractivity contribution in [3.8, 4) is 0 Å². The van der Waals surface area contributed by atoms with Crippen LogP contribution in [-0.2, 0) is 27.8 Å². The fourth-order valence-corrected chi connectivity index (χ4v) is 5.10. The highest BCUT2D eigenvalue weighted by atomic mass is 35.5. The molecule has 0 aliphatic heterocycles. The van der Waals surface area contributed by atoms with Crippen molar-refractivity contribution < 1.29 is 17.7 Å². The molecule has 0 aliphatic carbocycles. The second-order valence-electron chi connectivity index (χ2n) is 8.84. The van der Waals surface area contributed by atoms with Crippen molar-refractivity contribution in [2.45, 2.75) is 37.6 Å². The van der Waals surface area contributed by atoms with E-state index in [-0.39, 0.29) is 23.9 Å². The number of aromatic nitrogens is 2. The van der Waals surface area contributed by atoms with Gasteiger partial charge >= 0.3 is 0 Å². The molecule has 0 atom stereocenters. The molecule has 10 heteroatoms. The molecule has 0 aliphatic rings. The Morgan fingerprint density at radius 3 is 2.27 bits per heavy atom. The zero-order valence-electron chi connectivity index (χ0n) is 20.5. The van der Waals surface area contributed by atoms with Gasteiger partial charge in [-0.1, -0.05) is 73.1 Å². The first kappa shape index (κ1) is 26.5. The Kier molecular flexibility index (Phi) is 8.38. The van der Waals surface area contributed by atoms with Gasteiger partial charge < -0.3 is 9.84 Å². The molecule has 1 aromatic heterocycles. The second-order valence-corrected chi connectivity index (χ2v) is 11.2. The predicted molar refractivity (Wildman–Crippen MR) is 142 cm³/mol. The first-order valence-corrected chi connectivity index (χ1v) is 13.5. The van der Waals surface area contributed by atoms with Crippen LogP contribution >= 0.6 is 11.6 Å². The van der Waals surface area contributed by atoms with Crippen molar-refractivity contribution in [1.82, 2.24) is 14.4 Å². The lowest BCUT2D eigenvalue weighted by Gasteiger charge is -2.22. The molecule has 1 N–H and O–H groups in total. The Morgan fingerprint density at radius 1 is 0.973 bits per heavy atom. The van der Waals surface area contributed by atoms with Gasteiger partial charge in [0.05, 0.1) is 11.4 Å². The number of benzene rings is 3. The van der Waals surface area contributed by atoms with Crippen LogP contribution in [0, 0.1) is 0 Å². The zero-order chi connectivity index (χ0) is 26.4. The number of amides is 1. The van der Waals surface area contributed by atoms with Crippen LogP contribution in [0.5, 0.6) is 0 Å². The van der Waals surface area contributed by atoms with Crippen LogP contribution in [0.25, 0.3) is 0 Å². The van der Waals surface area contributed by atoms with Gasteiger partial charge in [0.1, 0.15) is 0 Å². The predicted octanol–water partition coefficient (Wildman–Crippen LogP) is 5.27. The van der Waals surface area contributed by atoms with Crippen molar-refractivity contribution in [3.63, 3.8) is 0 Å². The van der Waals surface area contributed by atoms with E-state index in [1.54, 1.807) is 12.1 Å². The average molecular weight is 539 g/mol. The van der Waals surface area contributed by atoms with Crippen molar-refractivity contribution in [2.24, 2.45) is 0 Å². The molecule has 1 heterocycles. The summed E-state index contributed by atoms with van der Waals surface area (Å²) < 4.78 is 33.2. The van der Waals surface area contributed by atoms with Gasteiger partial charge in [-0.2, -0.15) is 9.29 Å². The summed E-state index contributed by atoms with van der Waals surface area (Å²) in [6.07, 6.45) is 0.495. The topological polar surface area (TPSA) is 105 Å². The smallest absolute Gasteiger partial charge is 0.243 e. The molecule has 192 valence electrons. The molecule has 8 nitrogen and oxygen atoms in total. The van der Waals surface area contributed by atoms with Crippen molar-refractivity contribution in [2.75, 3.05) is 11.9 Å². The molecule has 37 heavy (non-hydrogen) atoms. The molecule has 0 fully saturated rings. The number of carbonyl (C=O) groups excluding carboxylic acids is 1. The molecule has 0 saturated carbocycles. The van der Waals surface area contributed by atoms with Crippen molar-refractivity contribution in [3.05, 3.63) is 107 Å². The molecule has 0 radical (unpaired) electrons. The van der Waals surface area contributed by atoms with Crippen LogP contribution in [0.3, 0.4) is 0 Å². The summed E-state index contributed by atoms with van der Waals surface area (Å²) >= 11 is 5.93. The van der Waals surface area contributed by atoms with Crippen LogP contribution in [0.2, 0.25) is 5.02 Å². The SMILES string of the molecule is CC(C)c1nc(Cc2ccc(NC(=O)CN(Cc3ccccc3)S(=O)(=O)c3ccc(Cl)cc3)cc2)no1. The maximum absolute atomic E-state index is 13.4. The lowest BCUT2D eigenvalue weighted by molar-refractivity contribution is -0.116. The second kappa shape index (κ2) is 11.7. The monoisotopic (exact) mass is 538 g/mol. The van der Waals surface area contributed by atoms with Gasteiger partial charge in [-0.05, 0) is 47.5 Å². The van der Waals surface area contributed by atoms with Crippen LogP contribution < -0.4 is 5.32 Å². The van der Waals surface area contributed by atoms with E-state index in [0.717, 1.165) is 15.4 Å². The Bertz CT molecular complexity index is 1440. The molecule has 0 spiro atoms. The van der Waals surface area contributed by atoms with Crippen LogP contribution in [0.15, 0.2) is 88.3 Å². The molecule has 0 bridgehead atoms. The van der Waals surface area contributed by atoms with Gasteiger partial charge in [0.2, 0.25) is 21.8 Å². The molecular weight excluding hydrogens is 512 g/mol. The lowest BCUT2D eigenvalue weighted by Crippen LogP contribution is -2.37. The number of carbonyl (C=O) groups is 1. The van der Waals surface area contributed by atoms with Gasteiger partial charge in [0.15, 0.2) is 5.82 Å². The highest BCUT2D eigenvalue weighted by molar-refractivity contribution is 7.89. The molecule has 1 amide bonds. The fourth-order valence-electron chi connectivity index (χ4n) is 3.59. The number of halogens is 1. The zero-order valence-corrected chi connectivity index (χ0v) is 22.0. The molecule has 3 aromatic carbocycles. The van der Waals surface area contributed by atoms with E-state index in [1.165, 1.54) is 24.3 Å². The maximum atomic E-state index is 13.4. The summed E-state index contributed by atoms with van der Waals surface area (Å²) in [5.41, 5.74) is 2.26. The van der Waals surface area contributed by atoms with Crippen LogP contribution in [0.4, 0.5) is 5.69 Å². The van der Waals surface area contributed by atoms with Crippen LogP contribution in [-0.4, -0.2) is 35.3 Å². The molecule has 4 aromatic rings. The van der Waals surface area contributed by atoms with Gasteiger partial charge in [0, 0.05) is 29.6 Å². The number of nitrogens with one attached hydrogen (secondary N) is 1. The molecule has 0 unspecified atom stereocenters. The minimum atomic E-state index is -3.96. The molecular formula is C27H27ClN4O4S. The quantitative estimate of drug-likeness (QED) is 0.295. The largest absolute Gasteiger partial charge is 0.339 e. The summed E-state index contributed by atoms with van der Waals surface area (Å²) in [6.45, 7) is 3.65. The summed E-state index contributed by atoms with van der Waals surface area (Å²) in [5.74, 6) is 0.877. The summed E-state index contributed by atoms with van der Waals surface area (Å²) in [6, 6.07) is 22.2. The van der Waals surface area contributed by atoms with Crippen molar-refractivity contribution in [1.29, 1.82) is 0 Å². The Morgan fingerprint density at radius 2 is 1.65 bits per heavy atom. The number of sulfonamides is 1. The number of nitrogens with zero attached hydrogens (tertiary/aromatic N) is 3. The van der Waals surface area contributed by atoms with E-state index in [4.69, 9.17) is 16.1 Å². The third-order valence-electron chi connectivity index (χ3n) is 5.55. The summed E-state index contributed by atoms with van der Waals surface area (Å²) in [5, 5.41) is 7.21. The average Bonchev–Trinajstić information content (AvgIpc) is 3.35. The highest BCUT2D eigenvalue weighted by Crippen LogP contribution is 2.21. The third-order valence-corrected chi connectivity index (χ3v) is 7.61. The van der Waals surface area contributed by atoms with E-state index in [2.05, 4.69) is 15.5 Å². The maximum Gasteiger partial charge on any atom is 0.243 e. The Labute approximate surface area is 221 Å². The minimum absolute atomic E-state index is 0.0429. The van der Waals surface area contributed by atoms with Crippen LogP contribution in [0.1, 0.15) is 42.6 Å². The molecule has 0 saturated heterocycles. The standard InChI is InChI=1S/C27H27ClN4O4S/c1-19(2)27-30-25(31-36-27)16-20-8-12-23(13-9-20)29-26(33)18-32(17-21-6-4-3-5-7-21)37(34,35)24-14-10-22(28)11-15-24/h3-15,19H,16-18H2,1-2H3,(H,29,33). The first-order valence-electron chi connectivity index (χ1n) is 11.7. The minimum Gasteiger partial charge on any atom is -0.339 e. The highest BCUT2D eigenvalue weighted by Gasteiger charge is 2.27. The summed E-state index contributed by atoms with van der Waals surface area (Å²) in [4.78, 5) is 17.4. The Balaban J connectivity index is 1.46. The Hall–Kier alpha value is -3.53. The first-order chi connectivity index (χ1) is 17.7.